The van der Waals surface area contributed by atoms with E-state index >= 15 is 0 Å². The van der Waals surface area contributed by atoms with Crippen LogP contribution in [0, 0.1) is 0 Å². The smallest absolute Gasteiger partial charge is 0.234 e. The van der Waals surface area contributed by atoms with Crippen LogP contribution in [-0.2, 0) is 4.79 Å². The SMILES string of the molecule is COc1ccc(NC(=O)CSc2nc(C(C)C)nc3ccccc23)cc1OC. The van der Waals surface area contributed by atoms with Crippen LogP contribution in [0.4, 0.5) is 5.69 Å². The molecule has 1 heterocycles. The Hall–Kier alpha value is -2.80. The molecule has 0 bridgehead atoms. The maximum absolute atomic E-state index is 12.4. The quantitative estimate of drug-likeness (QED) is 0.467. The van der Waals surface area contributed by atoms with E-state index in [1.807, 2.05) is 24.3 Å². The molecule has 7 heteroatoms. The Morgan fingerprint density at radius 2 is 1.82 bits per heavy atom. The van der Waals surface area contributed by atoms with Gasteiger partial charge >= 0.3 is 0 Å². The molecule has 0 spiro atoms. The van der Waals surface area contributed by atoms with Crippen LogP contribution in [0.2, 0.25) is 0 Å². The normalized spacial score (nSPS) is 10.9. The zero-order valence-corrected chi connectivity index (χ0v) is 17.2. The third-order valence-electron chi connectivity index (χ3n) is 4.11. The topological polar surface area (TPSA) is 73.3 Å². The number of carbonyl (C=O) groups is 1. The summed E-state index contributed by atoms with van der Waals surface area (Å²) in [7, 11) is 3.13. The minimum atomic E-state index is -0.119. The Morgan fingerprint density at radius 1 is 1.07 bits per heavy atom. The van der Waals surface area contributed by atoms with Crippen LogP contribution in [-0.4, -0.2) is 35.8 Å². The molecule has 3 aromatic rings. The monoisotopic (exact) mass is 397 g/mol. The molecule has 1 amide bonds. The number of thioether (sulfide) groups is 1. The summed E-state index contributed by atoms with van der Waals surface area (Å²) in [6.07, 6.45) is 0. The highest BCUT2D eigenvalue weighted by molar-refractivity contribution is 8.00. The summed E-state index contributed by atoms with van der Waals surface area (Å²) in [5, 5.41) is 4.66. The number of hydrogen-bond acceptors (Lipinski definition) is 6. The third kappa shape index (κ3) is 4.54. The van der Waals surface area contributed by atoms with Gasteiger partial charge in [0.05, 0.1) is 25.5 Å². The van der Waals surface area contributed by atoms with E-state index in [9.17, 15) is 4.79 Å². The van der Waals surface area contributed by atoms with Crippen molar-refractivity contribution in [2.75, 3.05) is 25.3 Å². The second-order valence-corrected chi connectivity index (χ2v) is 7.43. The molecule has 0 radical (unpaired) electrons. The summed E-state index contributed by atoms with van der Waals surface area (Å²) < 4.78 is 10.5. The average Bonchev–Trinajstić information content (AvgIpc) is 2.71. The number of anilines is 1. The van der Waals surface area contributed by atoms with E-state index in [1.54, 1.807) is 32.4 Å². The van der Waals surface area contributed by atoms with Crippen molar-refractivity contribution in [3.63, 3.8) is 0 Å². The van der Waals surface area contributed by atoms with Crippen molar-refractivity contribution in [3.8, 4) is 11.5 Å². The minimum Gasteiger partial charge on any atom is -0.493 e. The van der Waals surface area contributed by atoms with Crippen molar-refractivity contribution in [1.29, 1.82) is 0 Å². The maximum atomic E-state index is 12.4. The molecule has 0 aliphatic rings. The molecule has 0 fully saturated rings. The van der Waals surface area contributed by atoms with E-state index in [2.05, 4.69) is 29.1 Å². The van der Waals surface area contributed by atoms with E-state index in [0.29, 0.717) is 17.2 Å². The van der Waals surface area contributed by atoms with Gasteiger partial charge in [0.1, 0.15) is 10.9 Å². The third-order valence-corrected chi connectivity index (χ3v) is 5.10. The Balaban J connectivity index is 1.74. The molecule has 28 heavy (non-hydrogen) atoms. The molecule has 146 valence electrons. The zero-order valence-electron chi connectivity index (χ0n) is 16.4. The molecule has 0 aliphatic heterocycles. The number of aromatic nitrogens is 2. The lowest BCUT2D eigenvalue weighted by Gasteiger charge is -2.12. The van der Waals surface area contributed by atoms with Gasteiger partial charge in [-0.25, -0.2) is 9.97 Å². The molecule has 0 unspecified atom stereocenters. The van der Waals surface area contributed by atoms with Crippen molar-refractivity contribution in [2.45, 2.75) is 24.8 Å². The van der Waals surface area contributed by atoms with Crippen LogP contribution >= 0.6 is 11.8 Å². The van der Waals surface area contributed by atoms with Crippen molar-refractivity contribution in [2.24, 2.45) is 0 Å². The number of hydrogen-bond donors (Lipinski definition) is 1. The highest BCUT2D eigenvalue weighted by Gasteiger charge is 2.13. The second-order valence-electron chi connectivity index (χ2n) is 6.47. The molecular formula is C21H23N3O3S. The standard InChI is InChI=1S/C21H23N3O3S/c1-13(2)20-23-16-8-6-5-7-15(16)21(24-20)28-12-19(25)22-14-9-10-17(26-3)18(11-14)27-4/h5-11,13H,12H2,1-4H3,(H,22,25). The predicted molar refractivity (Wildman–Crippen MR) is 113 cm³/mol. The van der Waals surface area contributed by atoms with Crippen LogP contribution in [0.5, 0.6) is 11.5 Å². The van der Waals surface area contributed by atoms with Gasteiger partial charge < -0.3 is 14.8 Å². The first kappa shape index (κ1) is 19.9. The van der Waals surface area contributed by atoms with Crippen molar-refractivity contribution in [3.05, 3.63) is 48.3 Å². The Morgan fingerprint density at radius 3 is 2.54 bits per heavy atom. The van der Waals surface area contributed by atoms with Gasteiger partial charge in [-0.1, -0.05) is 43.8 Å². The molecular weight excluding hydrogens is 374 g/mol. The van der Waals surface area contributed by atoms with Crippen molar-refractivity contribution < 1.29 is 14.3 Å². The predicted octanol–water partition coefficient (Wildman–Crippen LogP) is 4.50. The first-order valence-electron chi connectivity index (χ1n) is 8.93. The number of nitrogens with zero attached hydrogens (tertiary/aromatic N) is 2. The number of benzene rings is 2. The lowest BCUT2D eigenvalue weighted by atomic mass is 10.2. The molecule has 1 N–H and O–H groups in total. The summed E-state index contributed by atoms with van der Waals surface area (Å²) in [5.74, 6) is 2.30. The fourth-order valence-electron chi connectivity index (χ4n) is 2.68. The number of methoxy groups -OCH3 is 2. The van der Waals surface area contributed by atoms with Crippen LogP contribution in [0.25, 0.3) is 10.9 Å². The van der Waals surface area contributed by atoms with Gasteiger partial charge in [0, 0.05) is 23.1 Å². The summed E-state index contributed by atoms with van der Waals surface area (Å²) in [6.45, 7) is 4.12. The molecule has 0 saturated heterocycles. The lowest BCUT2D eigenvalue weighted by molar-refractivity contribution is -0.113. The van der Waals surface area contributed by atoms with Gasteiger partial charge in [-0.05, 0) is 18.2 Å². The number of ether oxygens (including phenoxy) is 2. The average molecular weight is 398 g/mol. The van der Waals surface area contributed by atoms with Gasteiger partial charge in [0.25, 0.3) is 0 Å². The van der Waals surface area contributed by atoms with Gasteiger partial charge in [0.2, 0.25) is 5.91 Å². The van der Waals surface area contributed by atoms with E-state index in [1.165, 1.54) is 11.8 Å². The lowest BCUT2D eigenvalue weighted by Crippen LogP contribution is -2.14. The fourth-order valence-corrected chi connectivity index (χ4v) is 3.50. The number of fused-ring (bicyclic) bond motifs is 1. The number of nitrogens with one attached hydrogen (secondary N) is 1. The highest BCUT2D eigenvalue weighted by Crippen LogP contribution is 2.30. The summed E-state index contributed by atoms with van der Waals surface area (Å²) in [4.78, 5) is 21.7. The van der Waals surface area contributed by atoms with E-state index in [4.69, 9.17) is 9.47 Å². The van der Waals surface area contributed by atoms with Crippen LogP contribution in [0.1, 0.15) is 25.6 Å². The van der Waals surface area contributed by atoms with E-state index < -0.39 is 0 Å². The van der Waals surface area contributed by atoms with Gasteiger partial charge in [0.15, 0.2) is 11.5 Å². The van der Waals surface area contributed by atoms with Crippen molar-refractivity contribution >= 4 is 34.3 Å². The van der Waals surface area contributed by atoms with Gasteiger partial charge in [-0.3, -0.25) is 4.79 Å². The first-order chi connectivity index (χ1) is 13.5. The van der Waals surface area contributed by atoms with Gasteiger partial charge in [-0.15, -0.1) is 0 Å². The first-order valence-corrected chi connectivity index (χ1v) is 9.91. The van der Waals surface area contributed by atoms with Crippen LogP contribution in [0.15, 0.2) is 47.5 Å². The number of amides is 1. The number of rotatable bonds is 7. The summed E-state index contributed by atoms with van der Waals surface area (Å²) in [6, 6.07) is 13.1. The Labute approximate surface area is 168 Å². The molecule has 3 rings (SSSR count). The summed E-state index contributed by atoms with van der Waals surface area (Å²) >= 11 is 1.41. The number of para-hydroxylation sites is 1. The Bertz CT molecular complexity index is 992. The summed E-state index contributed by atoms with van der Waals surface area (Å²) in [5.41, 5.74) is 1.54. The largest absolute Gasteiger partial charge is 0.493 e. The Kier molecular flexibility index (Phi) is 6.36. The maximum Gasteiger partial charge on any atom is 0.234 e. The molecule has 1 aromatic heterocycles. The van der Waals surface area contributed by atoms with Crippen LogP contribution in [0.3, 0.4) is 0 Å². The highest BCUT2D eigenvalue weighted by atomic mass is 32.2. The second kappa shape index (κ2) is 8.93. The van der Waals surface area contributed by atoms with Gasteiger partial charge in [-0.2, -0.15) is 0 Å². The molecule has 0 atom stereocenters. The molecule has 6 nitrogen and oxygen atoms in total. The van der Waals surface area contributed by atoms with Crippen molar-refractivity contribution in [1.82, 2.24) is 9.97 Å². The molecule has 0 saturated carbocycles. The fraction of sp³-hybridized carbons (Fsp3) is 0.286. The molecule has 0 aliphatic carbocycles. The zero-order chi connectivity index (χ0) is 20.1. The molecule has 2 aromatic carbocycles. The number of carbonyl (C=O) groups excluding carboxylic acids is 1. The van der Waals surface area contributed by atoms with E-state index in [0.717, 1.165) is 21.8 Å². The van der Waals surface area contributed by atoms with E-state index in [-0.39, 0.29) is 17.6 Å². The minimum absolute atomic E-state index is 0.119. The van der Waals surface area contributed by atoms with Crippen LogP contribution < -0.4 is 14.8 Å².